The number of benzene rings is 2. The van der Waals surface area contributed by atoms with E-state index in [1.54, 1.807) is 26.8 Å². The third-order valence-electron chi connectivity index (χ3n) is 4.26. The van der Waals surface area contributed by atoms with E-state index in [0.717, 1.165) is 5.56 Å². The first kappa shape index (κ1) is 28.6. The van der Waals surface area contributed by atoms with E-state index in [1.165, 1.54) is 12.1 Å². The first-order valence-electron chi connectivity index (χ1n) is 9.94. The van der Waals surface area contributed by atoms with Crippen molar-refractivity contribution in [3.8, 4) is 17.6 Å². The van der Waals surface area contributed by atoms with Crippen LogP contribution >= 0.6 is 0 Å². The van der Waals surface area contributed by atoms with Gasteiger partial charge in [0.2, 0.25) is 0 Å². The fraction of sp³-hybridized carbons (Fsp3) is 0.417. The van der Waals surface area contributed by atoms with Crippen LogP contribution in [0, 0.1) is 11.8 Å². The van der Waals surface area contributed by atoms with Gasteiger partial charge >= 0.3 is 0 Å². The van der Waals surface area contributed by atoms with Crippen molar-refractivity contribution in [1.82, 2.24) is 0 Å². The number of rotatable bonds is 4. The molecule has 1 fully saturated rings. The molecular formula is C24H28F2NO4Y-. The number of ether oxygens (including phenoxy) is 3. The Bertz CT molecular complexity index is 888. The molecule has 0 unspecified atom stereocenters. The molecule has 5 nitrogen and oxygen atoms in total. The Hall–Kier alpha value is -1.40. The van der Waals surface area contributed by atoms with Gasteiger partial charge in [0.25, 0.3) is 6.43 Å². The summed E-state index contributed by atoms with van der Waals surface area (Å²) < 4.78 is 43.5. The molecule has 32 heavy (non-hydrogen) atoms. The van der Waals surface area contributed by atoms with Crippen LogP contribution in [-0.2, 0) is 48.8 Å². The van der Waals surface area contributed by atoms with Crippen molar-refractivity contribution in [3.05, 3.63) is 71.0 Å². The van der Waals surface area contributed by atoms with Gasteiger partial charge in [-0.25, -0.2) is 8.78 Å². The molecule has 0 atom stereocenters. The predicted molar refractivity (Wildman–Crippen MR) is 115 cm³/mol. The van der Waals surface area contributed by atoms with Crippen molar-refractivity contribution in [2.24, 2.45) is 0 Å². The summed E-state index contributed by atoms with van der Waals surface area (Å²) in [6, 6.07) is 13.7. The van der Waals surface area contributed by atoms with Crippen molar-refractivity contribution >= 4 is 0 Å². The maximum Gasteiger partial charge on any atom is 0.267 e. The monoisotopic (exact) mass is 521 g/mol. The van der Waals surface area contributed by atoms with E-state index in [0.29, 0.717) is 5.56 Å². The minimum atomic E-state index is -2.69. The first-order valence-corrected chi connectivity index (χ1v) is 9.94. The molecule has 1 radical (unpaired) electrons. The van der Waals surface area contributed by atoms with E-state index in [2.05, 4.69) is 11.8 Å². The minimum absolute atomic E-state index is 0. The molecule has 0 saturated carbocycles. The summed E-state index contributed by atoms with van der Waals surface area (Å²) in [5.41, 5.74) is 8.11. The van der Waals surface area contributed by atoms with E-state index in [-0.39, 0.29) is 70.4 Å². The first-order chi connectivity index (χ1) is 14.7. The fourth-order valence-corrected chi connectivity index (χ4v) is 2.60. The molecule has 0 aliphatic carbocycles. The van der Waals surface area contributed by atoms with Crippen LogP contribution in [0.1, 0.15) is 43.9 Å². The zero-order valence-electron chi connectivity index (χ0n) is 18.5. The number of hydrogen-bond acceptors (Lipinski definition) is 4. The molecule has 2 aromatic carbocycles. The Morgan fingerprint density at radius 3 is 2.28 bits per heavy atom. The average molecular weight is 521 g/mol. The third-order valence-corrected chi connectivity index (χ3v) is 4.26. The summed E-state index contributed by atoms with van der Waals surface area (Å²) in [6.45, 7) is 5.85. The van der Waals surface area contributed by atoms with Gasteiger partial charge < -0.3 is 25.1 Å². The van der Waals surface area contributed by atoms with Gasteiger partial charge in [0.05, 0.1) is 5.56 Å². The van der Waals surface area contributed by atoms with Gasteiger partial charge in [-0.05, 0) is 50.1 Å². The van der Waals surface area contributed by atoms with Gasteiger partial charge in [-0.1, -0.05) is 36.3 Å². The van der Waals surface area contributed by atoms with Gasteiger partial charge in [-0.15, -0.1) is 5.92 Å². The van der Waals surface area contributed by atoms with Gasteiger partial charge in [0, 0.05) is 58.1 Å². The second kappa shape index (κ2) is 13.3. The molecule has 2 aromatic rings. The van der Waals surface area contributed by atoms with Gasteiger partial charge in [0.1, 0.15) is 12.4 Å². The van der Waals surface area contributed by atoms with Crippen molar-refractivity contribution in [1.29, 1.82) is 0 Å². The molecule has 1 aliphatic rings. The van der Waals surface area contributed by atoms with Crippen molar-refractivity contribution in [3.63, 3.8) is 0 Å². The van der Waals surface area contributed by atoms with Gasteiger partial charge in [-0.2, -0.15) is 0 Å². The smallest absolute Gasteiger partial charge is 0.267 e. The Kier molecular flexibility index (Phi) is 11.9. The quantitative estimate of drug-likeness (QED) is 0.567. The molecule has 0 amide bonds. The molecule has 0 bridgehead atoms. The van der Waals surface area contributed by atoms with Crippen molar-refractivity contribution in [2.75, 3.05) is 19.8 Å². The van der Waals surface area contributed by atoms with E-state index in [1.807, 2.05) is 30.3 Å². The van der Waals surface area contributed by atoms with Crippen LogP contribution in [0.2, 0.25) is 0 Å². The topological polar surface area (TPSA) is 71.7 Å². The standard InChI is InChI=1S/C22H22F2NO3.C2H6O.Y/c1-21(2)27-14-22(25,15-28-21)11-10-16-8-9-19(18(12-16)20(23)24)26-13-17-6-4-3-5-7-17;1-2-3;/h3-9,12,20,25H,13-15H2,1-2H3;3H,2H2,1H3;/q-1;;. The largest absolute Gasteiger partial charge is 0.658 e. The van der Waals surface area contributed by atoms with E-state index >= 15 is 0 Å². The molecular weight excluding hydrogens is 493 g/mol. The molecule has 1 aliphatic heterocycles. The maximum atomic E-state index is 13.5. The van der Waals surface area contributed by atoms with Gasteiger partial charge in [-0.3, -0.25) is 0 Å². The van der Waals surface area contributed by atoms with Crippen LogP contribution < -0.4 is 4.74 Å². The van der Waals surface area contributed by atoms with Crippen molar-refractivity contribution in [2.45, 2.75) is 45.1 Å². The second-order valence-corrected chi connectivity index (χ2v) is 7.45. The summed E-state index contributed by atoms with van der Waals surface area (Å²) in [6.07, 6.45) is -2.69. The molecule has 2 N–H and O–H groups in total. The minimum Gasteiger partial charge on any atom is -0.658 e. The molecule has 3 rings (SSSR count). The summed E-state index contributed by atoms with van der Waals surface area (Å²) >= 11 is 0. The summed E-state index contributed by atoms with van der Waals surface area (Å²) in [5.74, 6) is 4.95. The molecule has 1 heterocycles. The van der Waals surface area contributed by atoms with Crippen molar-refractivity contribution < 1.29 is 60.8 Å². The maximum absolute atomic E-state index is 13.5. The number of nitrogens with one attached hydrogen (secondary N) is 1. The number of hydrogen-bond donors (Lipinski definition) is 1. The molecule has 171 valence electrons. The van der Waals surface area contributed by atoms with E-state index < -0.39 is 17.8 Å². The normalized spacial score (nSPS) is 16.0. The number of halogens is 2. The Morgan fingerprint density at radius 1 is 1.12 bits per heavy atom. The second-order valence-electron chi connectivity index (χ2n) is 7.45. The van der Waals surface area contributed by atoms with Crippen LogP contribution in [-0.4, -0.2) is 36.3 Å². The van der Waals surface area contributed by atoms with Crippen LogP contribution in [0.3, 0.4) is 0 Å². The van der Waals surface area contributed by atoms with Gasteiger partial charge in [0.15, 0.2) is 5.79 Å². The number of aliphatic hydroxyl groups excluding tert-OH is 1. The SMILES string of the molecule is CC1(C)OCC([NH-])(C#Cc2ccc(OCc3ccccc3)c(C(F)F)c2)CO1.CCO.[Y]. The summed E-state index contributed by atoms with van der Waals surface area (Å²) in [5, 5.41) is 7.57. The van der Waals surface area contributed by atoms with E-state index in [4.69, 9.17) is 25.1 Å². The van der Waals surface area contributed by atoms with Crippen LogP contribution in [0.15, 0.2) is 48.5 Å². The summed E-state index contributed by atoms with van der Waals surface area (Å²) in [4.78, 5) is 0. The predicted octanol–water partition coefficient (Wildman–Crippen LogP) is 5.12. The Morgan fingerprint density at radius 2 is 1.72 bits per heavy atom. The van der Waals surface area contributed by atoms with Crippen LogP contribution in [0.25, 0.3) is 5.73 Å². The average Bonchev–Trinajstić information content (AvgIpc) is 2.75. The van der Waals surface area contributed by atoms with Crippen LogP contribution in [0.5, 0.6) is 5.75 Å². The molecule has 0 aromatic heterocycles. The number of aliphatic hydroxyl groups is 1. The zero-order chi connectivity index (χ0) is 22.9. The fourth-order valence-electron chi connectivity index (χ4n) is 2.60. The zero-order valence-corrected chi connectivity index (χ0v) is 21.4. The molecule has 1 saturated heterocycles. The molecule has 0 spiro atoms. The summed E-state index contributed by atoms with van der Waals surface area (Å²) in [7, 11) is 0. The van der Waals surface area contributed by atoms with Crippen LogP contribution in [0.4, 0.5) is 8.78 Å². The number of alkyl halides is 2. The Labute approximate surface area is 213 Å². The Balaban J connectivity index is 0.00000121. The molecule has 8 heteroatoms. The van der Waals surface area contributed by atoms with E-state index in [9.17, 15) is 8.78 Å². The third kappa shape index (κ3) is 9.23.